The van der Waals surface area contributed by atoms with Gasteiger partial charge in [0.25, 0.3) is 0 Å². The summed E-state index contributed by atoms with van der Waals surface area (Å²) in [5.74, 6) is 0.480. The lowest BCUT2D eigenvalue weighted by molar-refractivity contribution is -0.119. The molecule has 2 rings (SSSR count). The molecular formula is C17H25NO2. The predicted octanol–water partition coefficient (Wildman–Crippen LogP) is 3.56. The first-order valence-corrected chi connectivity index (χ1v) is 7.44. The molecule has 3 heteroatoms. The number of nitrogens with one attached hydrogen (secondary N) is 1. The van der Waals surface area contributed by atoms with E-state index in [0.717, 1.165) is 35.2 Å². The van der Waals surface area contributed by atoms with Crippen LogP contribution in [0.4, 0.5) is 5.69 Å². The Bertz CT molecular complexity index is 532. The first-order chi connectivity index (χ1) is 9.27. The number of aliphatic hydroxyl groups is 1. The normalized spacial score (nSPS) is 18.1. The largest absolute Gasteiger partial charge is 0.388 e. The summed E-state index contributed by atoms with van der Waals surface area (Å²) >= 11 is 0. The molecule has 1 aromatic rings. The van der Waals surface area contributed by atoms with Crippen molar-refractivity contribution in [3.8, 4) is 0 Å². The molecule has 1 heterocycles. The number of rotatable bonds is 4. The summed E-state index contributed by atoms with van der Waals surface area (Å²) in [4.78, 5) is 12.1. The summed E-state index contributed by atoms with van der Waals surface area (Å²) in [6, 6.07) is 4.03. The maximum Gasteiger partial charge on any atom is 0.234 e. The van der Waals surface area contributed by atoms with Crippen molar-refractivity contribution in [1.29, 1.82) is 0 Å². The molecule has 1 unspecified atom stereocenters. The van der Waals surface area contributed by atoms with Gasteiger partial charge in [-0.2, -0.15) is 0 Å². The van der Waals surface area contributed by atoms with E-state index in [1.54, 1.807) is 0 Å². The molecule has 0 radical (unpaired) electrons. The van der Waals surface area contributed by atoms with Gasteiger partial charge in [0.15, 0.2) is 0 Å². The van der Waals surface area contributed by atoms with Crippen LogP contribution in [-0.2, 0) is 16.6 Å². The molecule has 1 amide bonds. The van der Waals surface area contributed by atoms with Crippen molar-refractivity contribution in [3.05, 3.63) is 28.8 Å². The summed E-state index contributed by atoms with van der Waals surface area (Å²) in [5, 5.41) is 13.4. The zero-order valence-electron chi connectivity index (χ0n) is 13.1. The summed E-state index contributed by atoms with van der Waals surface area (Å²) in [5.41, 5.74) is 3.48. The number of hydrogen-bond acceptors (Lipinski definition) is 2. The molecule has 20 heavy (non-hydrogen) atoms. The topological polar surface area (TPSA) is 49.3 Å². The van der Waals surface area contributed by atoms with Crippen LogP contribution in [0.2, 0.25) is 0 Å². The molecule has 0 spiro atoms. The minimum absolute atomic E-state index is 0.0395. The van der Waals surface area contributed by atoms with E-state index in [1.165, 1.54) is 0 Å². The molecule has 1 aromatic carbocycles. The Morgan fingerprint density at radius 2 is 1.95 bits per heavy atom. The fourth-order valence-electron chi connectivity index (χ4n) is 2.81. The number of amides is 1. The van der Waals surface area contributed by atoms with E-state index in [1.807, 2.05) is 26.0 Å². The second kappa shape index (κ2) is 5.21. The van der Waals surface area contributed by atoms with Crippen LogP contribution in [0.25, 0.3) is 0 Å². The van der Waals surface area contributed by atoms with E-state index in [-0.39, 0.29) is 5.91 Å². The van der Waals surface area contributed by atoms with Crippen molar-refractivity contribution >= 4 is 11.6 Å². The van der Waals surface area contributed by atoms with E-state index in [4.69, 9.17) is 0 Å². The van der Waals surface area contributed by atoms with Gasteiger partial charge < -0.3 is 10.4 Å². The molecular weight excluding hydrogens is 250 g/mol. The quantitative estimate of drug-likeness (QED) is 0.882. The Hall–Kier alpha value is -1.35. The maximum atomic E-state index is 12.1. The lowest BCUT2D eigenvalue weighted by Gasteiger charge is -2.20. The van der Waals surface area contributed by atoms with Gasteiger partial charge in [0.1, 0.15) is 0 Å². The van der Waals surface area contributed by atoms with Crippen LogP contribution in [-0.4, -0.2) is 11.0 Å². The molecule has 110 valence electrons. The fraction of sp³-hybridized carbons (Fsp3) is 0.588. The monoisotopic (exact) mass is 275 g/mol. The van der Waals surface area contributed by atoms with Crippen LogP contribution in [0.15, 0.2) is 12.1 Å². The molecule has 0 aromatic heterocycles. The van der Waals surface area contributed by atoms with Crippen molar-refractivity contribution < 1.29 is 9.90 Å². The molecule has 1 atom stereocenters. The van der Waals surface area contributed by atoms with Crippen LogP contribution in [0.3, 0.4) is 0 Å². The molecule has 0 saturated heterocycles. The highest BCUT2D eigenvalue weighted by atomic mass is 16.3. The number of fused-ring (bicyclic) bond motifs is 1. The van der Waals surface area contributed by atoms with Gasteiger partial charge in [0, 0.05) is 5.69 Å². The first kappa shape index (κ1) is 15.0. The van der Waals surface area contributed by atoms with Gasteiger partial charge in [-0.1, -0.05) is 32.9 Å². The zero-order chi connectivity index (χ0) is 15.1. The summed E-state index contributed by atoms with van der Waals surface area (Å²) in [6.07, 6.45) is 1.13. The molecule has 3 nitrogen and oxygen atoms in total. The van der Waals surface area contributed by atoms with E-state index >= 15 is 0 Å². The van der Waals surface area contributed by atoms with Crippen LogP contribution in [0, 0.1) is 5.92 Å². The minimum Gasteiger partial charge on any atom is -0.388 e. The second-order valence-electron chi connectivity index (χ2n) is 6.68. The van der Waals surface area contributed by atoms with E-state index in [9.17, 15) is 9.90 Å². The SMILES string of the molecule is CCc1cc(C(O)CC(C)C)cc2c1NC(=O)C2(C)C. The van der Waals surface area contributed by atoms with Crippen molar-refractivity contribution in [2.45, 2.75) is 59.0 Å². The number of carbonyl (C=O) groups is 1. The van der Waals surface area contributed by atoms with Crippen molar-refractivity contribution in [2.24, 2.45) is 5.92 Å². The number of aliphatic hydroxyl groups excluding tert-OH is 1. The third kappa shape index (κ3) is 2.47. The second-order valence-corrected chi connectivity index (χ2v) is 6.68. The highest BCUT2D eigenvalue weighted by Gasteiger charge is 2.39. The van der Waals surface area contributed by atoms with Gasteiger partial charge in [-0.05, 0) is 49.3 Å². The number of hydrogen-bond donors (Lipinski definition) is 2. The van der Waals surface area contributed by atoms with Crippen molar-refractivity contribution in [2.75, 3.05) is 5.32 Å². The van der Waals surface area contributed by atoms with Crippen LogP contribution >= 0.6 is 0 Å². The van der Waals surface area contributed by atoms with Gasteiger partial charge in [-0.15, -0.1) is 0 Å². The molecule has 0 fully saturated rings. The average Bonchev–Trinajstić information content (AvgIpc) is 2.59. The van der Waals surface area contributed by atoms with E-state index < -0.39 is 11.5 Å². The Labute approximate surface area is 121 Å². The molecule has 2 N–H and O–H groups in total. The van der Waals surface area contributed by atoms with Crippen LogP contribution in [0.5, 0.6) is 0 Å². The Kier molecular flexibility index (Phi) is 3.92. The Balaban J connectivity index is 2.49. The standard InChI is InChI=1S/C17H25NO2/c1-6-11-8-12(14(19)7-10(2)3)9-13-15(11)18-16(20)17(13,4)5/h8-10,14,19H,6-7H2,1-5H3,(H,18,20). The zero-order valence-corrected chi connectivity index (χ0v) is 13.1. The number of carbonyl (C=O) groups excluding carboxylic acids is 1. The smallest absolute Gasteiger partial charge is 0.234 e. The third-order valence-electron chi connectivity index (χ3n) is 4.18. The van der Waals surface area contributed by atoms with Gasteiger partial charge in [-0.3, -0.25) is 4.79 Å². The molecule has 1 aliphatic rings. The Morgan fingerprint density at radius 1 is 1.30 bits per heavy atom. The molecule has 0 bridgehead atoms. The lowest BCUT2D eigenvalue weighted by Crippen LogP contribution is -2.26. The van der Waals surface area contributed by atoms with E-state index in [2.05, 4.69) is 26.1 Å². The summed E-state index contributed by atoms with van der Waals surface area (Å²) in [6.45, 7) is 10.2. The molecule has 0 saturated carbocycles. The highest BCUT2D eigenvalue weighted by molar-refractivity contribution is 6.06. The van der Waals surface area contributed by atoms with Gasteiger partial charge >= 0.3 is 0 Å². The number of aryl methyl sites for hydroxylation is 1. The number of benzene rings is 1. The third-order valence-corrected chi connectivity index (χ3v) is 4.18. The number of anilines is 1. The predicted molar refractivity (Wildman–Crippen MR) is 81.9 cm³/mol. The first-order valence-electron chi connectivity index (χ1n) is 7.44. The van der Waals surface area contributed by atoms with Crippen molar-refractivity contribution in [1.82, 2.24) is 0 Å². The van der Waals surface area contributed by atoms with Crippen molar-refractivity contribution in [3.63, 3.8) is 0 Å². The van der Waals surface area contributed by atoms with Gasteiger partial charge in [0.05, 0.1) is 11.5 Å². The fourth-order valence-corrected chi connectivity index (χ4v) is 2.81. The summed E-state index contributed by atoms with van der Waals surface area (Å²) < 4.78 is 0. The van der Waals surface area contributed by atoms with Gasteiger partial charge in [-0.25, -0.2) is 0 Å². The minimum atomic E-state index is -0.521. The van der Waals surface area contributed by atoms with Gasteiger partial charge in [0.2, 0.25) is 5.91 Å². The van der Waals surface area contributed by atoms with Crippen LogP contribution < -0.4 is 5.32 Å². The van der Waals surface area contributed by atoms with E-state index in [0.29, 0.717) is 5.92 Å². The lowest BCUT2D eigenvalue weighted by atomic mass is 9.83. The Morgan fingerprint density at radius 3 is 2.50 bits per heavy atom. The average molecular weight is 275 g/mol. The molecule has 1 aliphatic heterocycles. The summed E-state index contributed by atoms with van der Waals surface area (Å²) in [7, 11) is 0. The maximum absolute atomic E-state index is 12.1. The van der Waals surface area contributed by atoms with Crippen LogP contribution in [0.1, 0.15) is 63.8 Å². The molecule has 0 aliphatic carbocycles. The highest BCUT2D eigenvalue weighted by Crippen LogP contribution is 2.41.